The van der Waals surface area contributed by atoms with E-state index in [9.17, 15) is 19.7 Å². The molecular weight excluding hydrogens is 416 g/mol. The number of nitro groups is 1. The molecule has 1 amide bonds. The van der Waals surface area contributed by atoms with Crippen molar-refractivity contribution >= 4 is 40.5 Å². The van der Waals surface area contributed by atoms with Gasteiger partial charge in [0.15, 0.2) is 11.5 Å². The summed E-state index contributed by atoms with van der Waals surface area (Å²) in [6, 6.07) is 7.23. The summed E-state index contributed by atoms with van der Waals surface area (Å²) in [6.07, 6.45) is 0. The van der Waals surface area contributed by atoms with Gasteiger partial charge in [-0.15, -0.1) is 5.11 Å². The Kier molecular flexibility index (Phi) is 7.43. The monoisotopic (exact) mass is 434 g/mol. The topological polar surface area (TPSA) is 124 Å². The van der Waals surface area contributed by atoms with Gasteiger partial charge in [-0.3, -0.25) is 19.7 Å². The summed E-state index contributed by atoms with van der Waals surface area (Å²) in [6.45, 7) is 2.82. The van der Waals surface area contributed by atoms with E-state index >= 15 is 0 Å². The highest BCUT2D eigenvalue weighted by Gasteiger charge is 2.30. The number of hydrogen-bond acceptors (Lipinski definition) is 8. The number of azo groups is 1. The van der Waals surface area contributed by atoms with E-state index in [0.29, 0.717) is 15.7 Å². The molecular formula is C19H19ClN4O6. The lowest BCUT2D eigenvalue weighted by Gasteiger charge is -2.19. The van der Waals surface area contributed by atoms with Gasteiger partial charge < -0.3 is 9.47 Å². The Balaban J connectivity index is 2.37. The van der Waals surface area contributed by atoms with Gasteiger partial charge in [-0.25, -0.2) is 4.42 Å². The molecule has 0 heterocycles. The largest absolute Gasteiger partial charge is 0.497 e. The average molecular weight is 435 g/mol. The molecule has 0 bridgehead atoms. The number of nitro benzene ring substituents is 1. The zero-order chi connectivity index (χ0) is 22.4. The van der Waals surface area contributed by atoms with E-state index in [-0.39, 0.29) is 22.8 Å². The van der Waals surface area contributed by atoms with Gasteiger partial charge in [0.1, 0.15) is 17.2 Å². The molecule has 0 fully saturated rings. The Bertz CT molecular complexity index is 1010. The molecule has 1 unspecified atom stereocenters. The van der Waals surface area contributed by atoms with E-state index in [4.69, 9.17) is 21.3 Å². The fourth-order valence-electron chi connectivity index (χ4n) is 2.46. The molecule has 0 aliphatic rings. The van der Waals surface area contributed by atoms with Gasteiger partial charge in [-0.1, -0.05) is 6.07 Å². The summed E-state index contributed by atoms with van der Waals surface area (Å²) in [5, 5.41) is 18.7. The van der Waals surface area contributed by atoms with Crippen molar-refractivity contribution in [2.75, 3.05) is 18.6 Å². The van der Waals surface area contributed by atoms with Crippen LogP contribution in [0.15, 0.2) is 46.6 Å². The van der Waals surface area contributed by atoms with Crippen LogP contribution in [0.2, 0.25) is 0 Å². The molecule has 2 aromatic rings. The Morgan fingerprint density at radius 2 is 1.87 bits per heavy atom. The van der Waals surface area contributed by atoms with E-state index in [0.717, 1.165) is 6.92 Å². The molecule has 30 heavy (non-hydrogen) atoms. The van der Waals surface area contributed by atoms with Crippen molar-refractivity contribution in [3.8, 4) is 11.5 Å². The molecule has 0 saturated carbocycles. The average Bonchev–Trinajstić information content (AvgIpc) is 2.73. The Hall–Kier alpha value is -3.53. The Morgan fingerprint density at radius 3 is 2.43 bits per heavy atom. The molecule has 158 valence electrons. The second-order valence-corrected chi connectivity index (χ2v) is 6.47. The first-order chi connectivity index (χ1) is 14.2. The molecule has 0 radical (unpaired) electrons. The number of methoxy groups -OCH3 is 2. The summed E-state index contributed by atoms with van der Waals surface area (Å²) in [7, 11) is 2.85. The molecule has 0 aliphatic carbocycles. The van der Waals surface area contributed by atoms with Gasteiger partial charge in [0, 0.05) is 23.9 Å². The second-order valence-electron chi connectivity index (χ2n) is 6.13. The van der Waals surface area contributed by atoms with E-state index in [1.165, 1.54) is 38.5 Å². The summed E-state index contributed by atoms with van der Waals surface area (Å²) < 4.78 is 11.0. The smallest absolute Gasteiger partial charge is 0.296 e. The van der Waals surface area contributed by atoms with Crippen molar-refractivity contribution in [3.63, 3.8) is 0 Å². The SMILES string of the molecule is COc1ccc(N(Cl)C(=O)C(N=Nc2ccc(C)cc2[N+](=O)[O-])C(C)=O)c(OC)c1. The Labute approximate surface area is 177 Å². The highest BCUT2D eigenvalue weighted by molar-refractivity contribution is 6.39. The standard InChI is InChI=1S/C19H19ClN4O6/c1-11-5-7-14(16(9-11)24(27)28)21-22-18(12(2)25)19(26)23(20)15-8-6-13(29-3)10-17(15)30-4/h5-10,18H,1-4H3. The molecule has 2 aromatic carbocycles. The number of amides is 1. The van der Waals surface area contributed by atoms with Crippen molar-refractivity contribution in [1.29, 1.82) is 0 Å². The lowest BCUT2D eigenvalue weighted by atomic mass is 10.2. The van der Waals surface area contributed by atoms with E-state index < -0.39 is 22.7 Å². The van der Waals surface area contributed by atoms with Gasteiger partial charge in [0.2, 0.25) is 6.04 Å². The number of rotatable bonds is 8. The number of carbonyl (C=O) groups excluding carboxylic acids is 2. The van der Waals surface area contributed by atoms with Gasteiger partial charge >= 0.3 is 0 Å². The third-order valence-corrected chi connectivity index (χ3v) is 4.37. The van der Waals surface area contributed by atoms with Crippen LogP contribution in [0.4, 0.5) is 17.1 Å². The number of ether oxygens (including phenoxy) is 2. The predicted molar refractivity (Wildman–Crippen MR) is 110 cm³/mol. The minimum absolute atomic E-state index is 0.0900. The first-order valence-corrected chi connectivity index (χ1v) is 8.91. The van der Waals surface area contributed by atoms with Crippen LogP contribution in [0, 0.1) is 17.0 Å². The molecule has 0 spiro atoms. The first kappa shape index (κ1) is 22.8. The predicted octanol–water partition coefficient (Wildman–Crippen LogP) is 4.15. The molecule has 0 N–H and O–H groups in total. The number of ketones is 1. The maximum Gasteiger partial charge on any atom is 0.296 e. The van der Waals surface area contributed by atoms with Crippen molar-refractivity contribution in [2.24, 2.45) is 10.2 Å². The van der Waals surface area contributed by atoms with Gasteiger partial charge in [-0.05, 0) is 37.6 Å². The lowest BCUT2D eigenvalue weighted by molar-refractivity contribution is -0.384. The fourth-order valence-corrected chi connectivity index (χ4v) is 2.69. The lowest BCUT2D eigenvalue weighted by Crippen LogP contribution is -2.36. The fraction of sp³-hybridized carbons (Fsp3) is 0.263. The molecule has 11 heteroatoms. The van der Waals surface area contributed by atoms with Gasteiger partial charge in [0.25, 0.3) is 11.6 Å². The van der Waals surface area contributed by atoms with Crippen LogP contribution in [0.25, 0.3) is 0 Å². The second kappa shape index (κ2) is 9.79. The third kappa shape index (κ3) is 5.09. The number of Topliss-reactive ketones (excluding diaryl/α,β-unsaturated/α-hetero) is 1. The maximum absolute atomic E-state index is 12.8. The van der Waals surface area contributed by atoms with Crippen LogP contribution in [-0.4, -0.2) is 36.9 Å². The van der Waals surface area contributed by atoms with E-state index in [1.54, 1.807) is 19.1 Å². The number of hydrogen-bond donors (Lipinski definition) is 0. The summed E-state index contributed by atoms with van der Waals surface area (Å²) >= 11 is 6.16. The number of benzene rings is 2. The molecule has 1 atom stereocenters. The third-order valence-electron chi connectivity index (χ3n) is 4.02. The Morgan fingerprint density at radius 1 is 1.17 bits per heavy atom. The maximum atomic E-state index is 12.8. The number of anilines is 1. The van der Waals surface area contributed by atoms with Gasteiger partial charge in [0.05, 0.1) is 19.1 Å². The minimum Gasteiger partial charge on any atom is -0.497 e. The number of carbonyl (C=O) groups is 2. The van der Waals surface area contributed by atoms with Crippen LogP contribution in [0.3, 0.4) is 0 Å². The van der Waals surface area contributed by atoms with Crippen LogP contribution in [-0.2, 0) is 9.59 Å². The van der Waals surface area contributed by atoms with Crippen molar-refractivity contribution in [2.45, 2.75) is 19.9 Å². The minimum atomic E-state index is -1.60. The number of nitrogens with zero attached hydrogens (tertiary/aromatic N) is 4. The van der Waals surface area contributed by atoms with Crippen LogP contribution < -0.4 is 13.9 Å². The number of halogens is 1. The summed E-state index contributed by atoms with van der Waals surface area (Å²) in [5.74, 6) is -0.837. The van der Waals surface area contributed by atoms with Crippen LogP contribution in [0.1, 0.15) is 12.5 Å². The first-order valence-electron chi connectivity index (χ1n) is 8.57. The zero-order valence-corrected chi connectivity index (χ0v) is 17.4. The normalized spacial score (nSPS) is 11.8. The van der Waals surface area contributed by atoms with Crippen LogP contribution >= 0.6 is 11.8 Å². The highest BCUT2D eigenvalue weighted by Crippen LogP contribution is 2.34. The molecule has 0 saturated heterocycles. The molecule has 0 aromatic heterocycles. The zero-order valence-electron chi connectivity index (χ0n) is 16.7. The number of aryl methyl sites for hydroxylation is 1. The van der Waals surface area contributed by atoms with Crippen LogP contribution in [0.5, 0.6) is 11.5 Å². The molecule has 2 rings (SSSR count). The summed E-state index contributed by atoms with van der Waals surface area (Å²) in [4.78, 5) is 35.4. The van der Waals surface area contributed by atoms with E-state index in [1.807, 2.05) is 0 Å². The van der Waals surface area contributed by atoms with Crippen molar-refractivity contribution in [3.05, 3.63) is 52.1 Å². The molecule has 10 nitrogen and oxygen atoms in total. The summed E-state index contributed by atoms with van der Waals surface area (Å²) in [5.41, 5.74) is 0.423. The van der Waals surface area contributed by atoms with Crippen molar-refractivity contribution < 1.29 is 24.0 Å². The molecule has 0 aliphatic heterocycles. The quantitative estimate of drug-likeness (QED) is 0.202. The van der Waals surface area contributed by atoms with Crippen molar-refractivity contribution in [1.82, 2.24) is 0 Å². The van der Waals surface area contributed by atoms with Gasteiger partial charge in [-0.2, -0.15) is 5.11 Å². The highest BCUT2D eigenvalue weighted by atomic mass is 35.5. The van der Waals surface area contributed by atoms with E-state index in [2.05, 4.69) is 10.2 Å².